The fourth-order valence-corrected chi connectivity index (χ4v) is 2.67. The number of ether oxygens (including phenoxy) is 2. The summed E-state index contributed by atoms with van der Waals surface area (Å²) >= 11 is 0. The zero-order valence-electron chi connectivity index (χ0n) is 15.8. The molecule has 0 saturated carbocycles. The van der Waals surface area contributed by atoms with Crippen molar-refractivity contribution in [2.75, 3.05) is 13.2 Å². The molecule has 1 N–H and O–H groups in total. The standard InChI is InChI=1S/C19H36O4/c1-8-11-14(4)16(20)15(5)17(21)19(6,7)18(22-12-9-2)23-13-10-3/h8,14-16,18,20H,1,9-13H2,2-7H3/t14-,15+,16-/m0/s1. The molecule has 0 radical (unpaired) electrons. The summed E-state index contributed by atoms with van der Waals surface area (Å²) in [7, 11) is 0. The Kier molecular flexibility index (Phi) is 10.6. The van der Waals surface area contributed by atoms with Crippen LogP contribution in [0.5, 0.6) is 0 Å². The van der Waals surface area contributed by atoms with Gasteiger partial charge in [-0.1, -0.05) is 33.8 Å². The fraction of sp³-hybridized carbons (Fsp3) is 0.842. The van der Waals surface area contributed by atoms with Crippen LogP contribution in [0, 0.1) is 17.3 Å². The third-order valence-electron chi connectivity index (χ3n) is 4.22. The Morgan fingerprint density at radius 1 is 1.17 bits per heavy atom. The Hall–Kier alpha value is -0.710. The van der Waals surface area contributed by atoms with E-state index < -0.39 is 23.7 Å². The molecule has 136 valence electrons. The maximum absolute atomic E-state index is 12.9. The van der Waals surface area contributed by atoms with Gasteiger partial charge in [0.1, 0.15) is 5.78 Å². The lowest BCUT2D eigenvalue weighted by Gasteiger charge is -2.36. The molecular weight excluding hydrogens is 292 g/mol. The van der Waals surface area contributed by atoms with Crippen LogP contribution in [0.3, 0.4) is 0 Å². The normalized spacial score (nSPS) is 16.2. The maximum Gasteiger partial charge on any atom is 0.169 e. The summed E-state index contributed by atoms with van der Waals surface area (Å²) in [4.78, 5) is 12.9. The lowest BCUT2D eigenvalue weighted by molar-refractivity contribution is -0.203. The predicted molar refractivity (Wildman–Crippen MR) is 94.2 cm³/mol. The summed E-state index contributed by atoms with van der Waals surface area (Å²) in [6.07, 6.45) is 2.90. The number of carbonyl (C=O) groups excluding carboxylic acids is 1. The number of aliphatic hydroxyl groups excluding tert-OH is 1. The summed E-state index contributed by atoms with van der Waals surface area (Å²) in [5, 5.41) is 10.4. The van der Waals surface area contributed by atoms with Crippen molar-refractivity contribution >= 4 is 5.78 Å². The monoisotopic (exact) mass is 328 g/mol. The molecule has 0 aromatic heterocycles. The number of hydrogen-bond donors (Lipinski definition) is 1. The third-order valence-corrected chi connectivity index (χ3v) is 4.22. The average molecular weight is 328 g/mol. The molecule has 0 fully saturated rings. The molecule has 23 heavy (non-hydrogen) atoms. The first-order valence-corrected chi connectivity index (χ1v) is 8.80. The molecule has 0 amide bonds. The van der Waals surface area contributed by atoms with Crippen molar-refractivity contribution in [3.63, 3.8) is 0 Å². The number of aliphatic hydroxyl groups is 1. The van der Waals surface area contributed by atoms with Gasteiger partial charge in [0.05, 0.1) is 11.5 Å². The Morgan fingerprint density at radius 2 is 1.65 bits per heavy atom. The highest BCUT2D eigenvalue weighted by Crippen LogP contribution is 2.32. The fourth-order valence-electron chi connectivity index (χ4n) is 2.67. The molecule has 0 saturated heterocycles. The van der Waals surface area contributed by atoms with E-state index >= 15 is 0 Å². The van der Waals surface area contributed by atoms with Crippen LogP contribution >= 0.6 is 0 Å². The van der Waals surface area contributed by atoms with Crippen LogP contribution in [-0.4, -0.2) is 36.5 Å². The van der Waals surface area contributed by atoms with Crippen molar-refractivity contribution in [2.45, 2.75) is 73.2 Å². The molecule has 0 aromatic rings. The highest BCUT2D eigenvalue weighted by atomic mass is 16.7. The van der Waals surface area contributed by atoms with Gasteiger partial charge in [0.25, 0.3) is 0 Å². The van der Waals surface area contributed by atoms with E-state index in [1.165, 1.54) is 0 Å². The van der Waals surface area contributed by atoms with Gasteiger partial charge >= 0.3 is 0 Å². The van der Waals surface area contributed by atoms with Crippen LogP contribution in [0.25, 0.3) is 0 Å². The number of ketones is 1. The quantitative estimate of drug-likeness (QED) is 0.410. The topological polar surface area (TPSA) is 55.8 Å². The van der Waals surface area contributed by atoms with Gasteiger partial charge in [0, 0.05) is 19.1 Å². The third kappa shape index (κ3) is 6.74. The second kappa shape index (κ2) is 11.0. The average Bonchev–Trinajstić information content (AvgIpc) is 2.52. The van der Waals surface area contributed by atoms with Crippen molar-refractivity contribution < 1.29 is 19.4 Å². The van der Waals surface area contributed by atoms with E-state index in [0.29, 0.717) is 19.6 Å². The Morgan fingerprint density at radius 3 is 2.04 bits per heavy atom. The van der Waals surface area contributed by atoms with E-state index in [4.69, 9.17) is 9.47 Å². The van der Waals surface area contributed by atoms with Gasteiger partial charge in [-0.2, -0.15) is 0 Å². The maximum atomic E-state index is 12.9. The van der Waals surface area contributed by atoms with Crippen molar-refractivity contribution in [1.29, 1.82) is 0 Å². The molecule has 4 heteroatoms. The van der Waals surface area contributed by atoms with Gasteiger partial charge in [-0.05, 0) is 39.0 Å². The number of carbonyl (C=O) groups is 1. The van der Waals surface area contributed by atoms with Crippen LogP contribution in [0.1, 0.15) is 60.8 Å². The highest BCUT2D eigenvalue weighted by Gasteiger charge is 2.43. The second-order valence-corrected chi connectivity index (χ2v) is 6.94. The Bertz CT molecular complexity index is 343. The van der Waals surface area contributed by atoms with E-state index in [0.717, 1.165) is 12.8 Å². The Balaban J connectivity index is 5.08. The van der Waals surface area contributed by atoms with Crippen molar-refractivity contribution in [2.24, 2.45) is 17.3 Å². The van der Waals surface area contributed by atoms with E-state index in [1.54, 1.807) is 13.0 Å². The molecule has 0 spiro atoms. The summed E-state index contributed by atoms with van der Waals surface area (Å²) in [5.74, 6) is -0.509. The van der Waals surface area contributed by atoms with Gasteiger partial charge < -0.3 is 14.6 Å². The Labute approximate surface area is 142 Å². The lowest BCUT2D eigenvalue weighted by atomic mass is 9.76. The lowest BCUT2D eigenvalue weighted by Crippen LogP contribution is -2.47. The summed E-state index contributed by atoms with van der Waals surface area (Å²) < 4.78 is 11.6. The molecule has 0 unspecified atom stereocenters. The van der Waals surface area contributed by atoms with Crippen LogP contribution < -0.4 is 0 Å². The van der Waals surface area contributed by atoms with Gasteiger partial charge in [-0.15, -0.1) is 6.58 Å². The zero-order chi connectivity index (χ0) is 18.0. The highest BCUT2D eigenvalue weighted by molar-refractivity contribution is 5.87. The van der Waals surface area contributed by atoms with E-state index in [1.807, 2.05) is 34.6 Å². The number of rotatable bonds is 13. The van der Waals surface area contributed by atoms with E-state index in [2.05, 4.69) is 6.58 Å². The van der Waals surface area contributed by atoms with Crippen molar-refractivity contribution in [1.82, 2.24) is 0 Å². The largest absolute Gasteiger partial charge is 0.392 e. The molecule has 4 nitrogen and oxygen atoms in total. The minimum Gasteiger partial charge on any atom is -0.392 e. The molecule has 0 rings (SSSR count). The van der Waals surface area contributed by atoms with Crippen LogP contribution in [0.4, 0.5) is 0 Å². The molecule has 0 aliphatic rings. The summed E-state index contributed by atoms with van der Waals surface area (Å²) in [6, 6.07) is 0. The van der Waals surface area contributed by atoms with Crippen LogP contribution in [0.2, 0.25) is 0 Å². The number of Topliss-reactive ketones (excluding diaryl/α,β-unsaturated/α-hetero) is 1. The molecule has 0 aromatic carbocycles. The SMILES string of the molecule is C=CC[C@H](C)[C@H](O)[C@@H](C)C(=O)C(C)(C)C(OCCC)OCCC. The first-order chi connectivity index (χ1) is 10.7. The van der Waals surface area contributed by atoms with E-state index in [9.17, 15) is 9.90 Å². The van der Waals surface area contributed by atoms with E-state index in [-0.39, 0.29) is 11.7 Å². The van der Waals surface area contributed by atoms with Gasteiger partial charge in [0.15, 0.2) is 6.29 Å². The molecule has 0 bridgehead atoms. The number of allylic oxidation sites excluding steroid dienone is 1. The summed E-state index contributed by atoms with van der Waals surface area (Å²) in [5.41, 5.74) is -0.807. The van der Waals surface area contributed by atoms with Gasteiger partial charge in [-0.25, -0.2) is 0 Å². The smallest absolute Gasteiger partial charge is 0.169 e. The minimum atomic E-state index is -0.807. The minimum absolute atomic E-state index is 0.00572. The number of hydrogen-bond acceptors (Lipinski definition) is 4. The first kappa shape index (κ1) is 22.3. The van der Waals surface area contributed by atoms with Crippen molar-refractivity contribution in [3.05, 3.63) is 12.7 Å². The van der Waals surface area contributed by atoms with Gasteiger partial charge in [-0.3, -0.25) is 4.79 Å². The van der Waals surface area contributed by atoms with Gasteiger partial charge in [0.2, 0.25) is 0 Å². The zero-order valence-corrected chi connectivity index (χ0v) is 15.8. The molecular formula is C19H36O4. The second-order valence-electron chi connectivity index (χ2n) is 6.94. The molecule has 0 aliphatic carbocycles. The van der Waals surface area contributed by atoms with Crippen molar-refractivity contribution in [3.8, 4) is 0 Å². The first-order valence-electron chi connectivity index (χ1n) is 8.80. The predicted octanol–water partition coefficient (Wildman–Crippen LogP) is 3.97. The van der Waals surface area contributed by atoms with Crippen LogP contribution in [0.15, 0.2) is 12.7 Å². The molecule has 3 atom stereocenters. The molecule has 0 heterocycles. The van der Waals surface area contributed by atoms with Crippen LogP contribution in [-0.2, 0) is 14.3 Å². The summed E-state index contributed by atoms with van der Waals surface area (Å²) in [6.45, 7) is 16.2. The molecule has 0 aliphatic heterocycles.